The van der Waals surface area contributed by atoms with E-state index in [0.29, 0.717) is 32.7 Å². The first kappa shape index (κ1) is 22.1. The summed E-state index contributed by atoms with van der Waals surface area (Å²) in [5, 5.41) is 16.5. The van der Waals surface area contributed by atoms with Gasteiger partial charge >= 0.3 is 0 Å². The van der Waals surface area contributed by atoms with E-state index in [-0.39, 0.29) is 40.2 Å². The zero-order valence-electron chi connectivity index (χ0n) is 18.1. The highest BCUT2D eigenvalue weighted by Gasteiger charge is 2.27. The summed E-state index contributed by atoms with van der Waals surface area (Å²) >= 11 is 0. The number of aromatic hydroxyl groups is 1. The van der Waals surface area contributed by atoms with E-state index in [4.69, 9.17) is 0 Å². The second kappa shape index (κ2) is 9.15. The molecule has 0 atom stereocenters. The van der Waals surface area contributed by atoms with Gasteiger partial charge in [0.1, 0.15) is 11.4 Å². The number of nitrogens with one attached hydrogen (secondary N) is 2. The van der Waals surface area contributed by atoms with Gasteiger partial charge in [-0.25, -0.2) is 0 Å². The summed E-state index contributed by atoms with van der Waals surface area (Å²) in [5.41, 5.74) is 0.0282. The van der Waals surface area contributed by atoms with Crippen LogP contribution in [0.4, 0.5) is 17.1 Å². The molecule has 3 aromatic rings. The number of amides is 2. The summed E-state index contributed by atoms with van der Waals surface area (Å²) in [6.45, 7) is 3.43. The standard InChI is InChI=1S/C24H24N4O5/c1-15(29)27-10-12-28(13-11-27)24(33)17-8-5-9-18(21(17)30)26-20-19(22(31)23(20)32)25-14-16-6-3-2-4-7-16/h2-9,25-26,30H,10-14H2,1H3. The van der Waals surface area contributed by atoms with E-state index in [2.05, 4.69) is 10.6 Å². The summed E-state index contributed by atoms with van der Waals surface area (Å²) in [6, 6.07) is 14.0. The van der Waals surface area contributed by atoms with E-state index < -0.39 is 10.9 Å². The van der Waals surface area contributed by atoms with Crippen molar-refractivity contribution in [3.8, 4) is 5.75 Å². The van der Waals surface area contributed by atoms with E-state index in [9.17, 15) is 24.3 Å². The Morgan fingerprint density at radius 1 is 0.879 bits per heavy atom. The highest BCUT2D eigenvalue weighted by atomic mass is 16.3. The largest absolute Gasteiger partial charge is 0.505 e. The smallest absolute Gasteiger partial charge is 0.257 e. The average Bonchev–Trinajstić information content (AvgIpc) is 2.84. The number of para-hydroxylation sites is 1. The number of anilines is 3. The van der Waals surface area contributed by atoms with Gasteiger partial charge in [-0.1, -0.05) is 36.4 Å². The Bertz CT molecular complexity index is 1260. The molecule has 0 saturated carbocycles. The second-order valence-corrected chi connectivity index (χ2v) is 7.87. The normalized spacial score (nSPS) is 13.7. The van der Waals surface area contributed by atoms with Crippen LogP contribution >= 0.6 is 0 Å². The zero-order valence-corrected chi connectivity index (χ0v) is 18.1. The fourth-order valence-corrected chi connectivity index (χ4v) is 3.81. The summed E-state index contributed by atoms with van der Waals surface area (Å²) in [6.07, 6.45) is 0. The SMILES string of the molecule is CC(=O)N1CCN(C(=O)c2cccc(Nc3c(NCc4ccccc4)c(=O)c3=O)c2O)CC1. The molecule has 0 aliphatic carbocycles. The van der Waals surface area contributed by atoms with Crippen LogP contribution in [-0.4, -0.2) is 52.9 Å². The van der Waals surface area contributed by atoms with Crippen LogP contribution in [-0.2, 0) is 11.3 Å². The van der Waals surface area contributed by atoms with Crippen molar-refractivity contribution in [3.05, 3.63) is 80.1 Å². The van der Waals surface area contributed by atoms with Gasteiger partial charge in [0.15, 0.2) is 5.75 Å². The van der Waals surface area contributed by atoms with Gasteiger partial charge in [0.25, 0.3) is 16.8 Å². The monoisotopic (exact) mass is 448 g/mol. The lowest BCUT2D eigenvalue weighted by Gasteiger charge is -2.34. The van der Waals surface area contributed by atoms with Crippen molar-refractivity contribution in [2.24, 2.45) is 0 Å². The molecule has 33 heavy (non-hydrogen) atoms. The third-order valence-corrected chi connectivity index (χ3v) is 5.76. The lowest BCUT2D eigenvalue weighted by Crippen LogP contribution is -2.50. The molecule has 0 radical (unpaired) electrons. The predicted octanol–water partition coefficient (Wildman–Crippen LogP) is 1.65. The molecule has 1 fully saturated rings. The molecule has 4 rings (SSSR count). The molecule has 1 heterocycles. The lowest BCUT2D eigenvalue weighted by molar-refractivity contribution is -0.130. The Hall–Kier alpha value is -4.14. The van der Waals surface area contributed by atoms with Crippen LogP contribution in [0.3, 0.4) is 0 Å². The Balaban J connectivity index is 1.49. The van der Waals surface area contributed by atoms with E-state index in [1.54, 1.807) is 15.9 Å². The van der Waals surface area contributed by atoms with Crippen LogP contribution < -0.4 is 21.5 Å². The van der Waals surface area contributed by atoms with Crippen molar-refractivity contribution < 1.29 is 14.7 Å². The summed E-state index contributed by atoms with van der Waals surface area (Å²) in [7, 11) is 0. The molecule has 3 aromatic carbocycles. The highest BCUT2D eigenvalue weighted by molar-refractivity contribution is 5.99. The third-order valence-electron chi connectivity index (χ3n) is 5.76. The van der Waals surface area contributed by atoms with Gasteiger partial charge in [-0.2, -0.15) is 0 Å². The number of rotatable bonds is 6. The first-order chi connectivity index (χ1) is 15.9. The van der Waals surface area contributed by atoms with Gasteiger partial charge in [0, 0.05) is 39.6 Å². The van der Waals surface area contributed by atoms with Crippen molar-refractivity contribution in [3.63, 3.8) is 0 Å². The number of carbonyl (C=O) groups excluding carboxylic acids is 2. The van der Waals surface area contributed by atoms with Crippen molar-refractivity contribution in [1.82, 2.24) is 9.80 Å². The predicted molar refractivity (Wildman–Crippen MR) is 125 cm³/mol. The molecule has 2 amide bonds. The number of phenols is 1. The Kier molecular flexibility index (Phi) is 6.12. The molecule has 0 unspecified atom stereocenters. The van der Waals surface area contributed by atoms with Crippen LogP contribution in [0.1, 0.15) is 22.8 Å². The Labute approximate surface area is 189 Å². The maximum absolute atomic E-state index is 12.9. The van der Waals surface area contributed by atoms with E-state index in [1.165, 1.54) is 19.1 Å². The fourth-order valence-electron chi connectivity index (χ4n) is 3.81. The van der Waals surface area contributed by atoms with Gasteiger partial charge in [-0.15, -0.1) is 0 Å². The summed E-state index contributed by atoms with van der Waals surface area (Å²) in [4.78, 5) is 51.9. The van der Waals surface area contributed by atoms with Gasteiger partial charge in [0.2, 0.25) is 5.91 Å². The molecule has 0 bridgehead atoms. The Morgan fingerprint density at radius 2 is 1.52 bits per heavy atom. The van der Waals surface area contributed by atoms with Crippen molar-refractivity contribution in [2.75, 3.05) is 36.8 Å². The van der Waals surface area contributed by atoms with Gasteiger partial charge < -0.3 is 25.5 Å². The van der Waals surface area contributed by atoms with Crippen molar-refractivity contribution in [1.29, 1.82) is 0 Å². The number of piperazine rings is 1. The summed E-state index contributed by atoms with van der Waals surface area (Å²) in [5.74, 6) is -0.717. The van der Waals surface area contributed by atoms with Crippen molar-refractivity contribution >= 4 is 28.9 Å². The third kappa shape index (κ3) is 4.43. The fraction of sp³-hybridized carbons (Fsp3) is 0.250. The molecule has 1 aliphatic heterocycles. The number of phenolic OH excluding ortho intramolecular Hbond substituents is 1. The number of carbonyl (C=O) groups is 2. The minimum atomic E-state index is -0.693. The Morgan fingerprint density at radius 3 is 2.18 bits per heavy atom. The first-order valence-electron chi connectivity index (χ1n) is 10.6. The molecule has 170 valence electrons. The minimum Gasteiger partial charge on any atom is -0.505 e. The van der Waals surface area contributed by atoms with Crippen LogP contribution in [0.5, 0.6) is 5.75 Å². The second-order valence-electron chi connectivity index (χ2n) is 7.87. The van der Waals surface area contributed by atoms with Crippen LogP contribution in [0.25, 0.3) is 0 Å². The van der Waals surface area contributed by atoms with Crippen molar-refractivity contribution in [2.45, 2.75) is 13.5 Å². The van der Waals surface area contributed by atoms with Crippen LogP contribution in [0, 0.1) is 0 Å². The number of nitrogens with zero attached hydrogens (tertiary/aromatic N) is 2. The van der Waals surface area contributed by atoms with Crippen LogP contribution in [0.2, 0.25) is 0 Å². The topological polar surface area (TPSA) is 119 Å². The molecular weight excluding hydrogens is 424 g/mol. The van der Waals surface area contributed by atoms with E-state index in [0.717, 1.165) is 5.56 Å². The molecule has 0 spiro atoms. The maximum atomic E-state index is 12.9. The number of hydrogen-bond acceptors (Lipinski definition) is 7. The molecule has 1 saturated heterocycles. The zero-order chi connectivity index (χ0) is 23.5. The molecule has 9 heteroatoms. The number of hydrogen-bond donors (Lipinski definition) is 3. The quantitative estimate of drug-likeness (QED) is 0.388. The lowest BCUT2D eigenvalue weighted by atomic mass is 10.1. The first-order valence-corrected chi connectivity index (χ1v) is 10.6. The molecule has 3 N–H and O–H groups in total. The molecule has 9 nitrogen and oxygen atoms in total. The average molecular weight is 448 g/mol. The highest BCUT2D eigenvalue weighted by Crippen LogP contribution is 2.32. The molecule has 1 aliphatic rings. The van der Waals surface area contributed by atoms with E-state index >= 15 is 0 Å². The van der Waals surface area contributed by atoms with Gasteiger partial charge in [-0.3, -0.25) is 19.2 Å². The van der Waals surface area contributed by atoms with Gasteiger partial charge in [0.05, 0.1) is 11.3 Å². The molecular formula is C24H24N4O5. The van der Waals surface area contributed by atoms with E-state index in [1.807, 2.05) is 30.3 Å². The molecule has 0 aromatic heterocycles. The summed E-state index contributed by atoms with van der Waals surface area (Å²) < 4.78 is 0. The van der Waals surface area contributed by atoms with Gasteiger partial charge in [-0.05, 0) is 17.7 Å². The van der Waals surface area contributed by atoms with Crippen LogP contribution in [0.15, 0.2) is 58.1 Å². The number of benzene rings is 2. The minimum absolute atomic E-state index is 0.0409. The maximum Gasteiger partial charge on any atom is 0.257 e.